The summed E-state index contributed by atoms with van der Waals surface area (Å²) in [7, 11) is 0. The van der Waals surface area contributed by atoms with Crippen molar-refractivity contribution in [1.82, 2.24) is 9.97 Å². The van der Waals surface area contributed by atoms with Gasteiger partial charge in [0.25, 0.3) is 0 Å². The average Bonchev–Trinajstić information content (AvgIpc) is 2.30. The van der Waals surface area contributed by atoms with Gasteiger partial charge in [-0.25, -0.2) is 9.97 Å². The molecule has 3 nitrogen and oxygen atoms in total. The fourth-order valence-corrected chi connectivity index (χ4v) is 1.66. The van der Waals surface area contributed by atoms with Crippen molar-refractivity contribution in [2.45, 2.75) is 0 Å². The van der Waals surface area contributed by atoms with Gasteiger partial charge in [-0.05, 0) is 12.1 Å². The number of rotatable bonds is 1. The summed E-state index contributed by atoms with van der Waals surface area (Å²) in [6.45, 7) is 0. The lowest BCUT2D eigenvalue weighted by molar-refractivity contribution is 1.14. The quantitative estimate of drug-likeness (QED) is 0.792. The highest BCUT2D eigenvalue weighted by molar-refractivity contribution is 9.10. The monoisotopic (exact) mass is 259 g/mol. The van der Waals surface area contributed by atoms with Crippen LogP contribution in [0.5, 0.6) is 0 Å². The van der Waals surface area contributed by atoms with Gasteiger partial charge in [0, 0.05) is 16.2 Å². The van der Waals surface area contributed by atoms with E-state index in [1.807, 2.05) is 30.3 Å². The van der Waals surface area contributed by atoms with Crippen LogP contribution in [0.1, 0.15) is 5.69 Å². The SMILES string of the molecule is N#Cc1ccnc(-c2ccccc2Br)n1. The lowest BCUT2D eigenvalue weighted by atomic mass is 10.2. The number of hydrogen-bond acceptors (Lipinski definition) is 3. The first-order valence-corrected chi connectivity index (χ1v) is 5.08. The highest BCUT2D eigenvalue weighted by atomic mass is 79.9. The molecule has 1 aromatic carbocycles. The molecule has 0 aliphatic rings. The second-order valence-electron chi connectivity index (χ2n) is 2.86. The molecule has 0 spiro atoms. The van der Waals surface area contributed by atoms with E-state index in [9.17, 15) is 0 Å². The Bertz CT molecular complexity index is 531. The smallest absolute Gasteiger partial charge is 0.161 e. The average molecular weight is 260 g/mol. The molecular weight excluding hydrogens is 254 g/mol. The van der Waals surface area contributed by atoms with E-state index in [4.69, 9.17) is 5.26 Å². The summed E-state index contributed by atoms with van der Waals surface area (Å²) in [5.41, 5.74) is 1.25. The van der Waals surface area contributed by atoms with E-state index in [0.717, 1.165) is 10.0 Å². The van der Waals surface area contributed by atoms with Crippen LogP contribution >= 0.6 is 15.9 Å². The van der Waals surface area contributed by atoms with E-state index >= 15 is 0 Å². The summed E-state index contributed by atoms with van der Waals surface area (Å²) in [6.07, 6.45) is 1.58. The van der Waals surface area contributed by atoms with Gasteiger partial charge in [-0.2, -0.15) is 5.26 Å². The van der Waals surface area contributed by atoms with E-state index in [0.29, 0.717) is 11.5 Å². The summed E-state index contributed by atoms with van der Waals surface area (Å²) in [4.78, 5) is 8.25. The number of hydrogen-bond donors (Lipinski definition) is 0. The van der Waals surface area contributed by atoms with Gasteiger partial charge in [-0.15, -0.1) is 0 Å². The maximum Gasteiger partial charge on any atom is 0.161 e. The first kappa shape index (κ1) is 9.81. The summed E-state index contributed by atoms with van der Waals surface area (Å²) < 4.78 is 0.917. The topological polar surface area (TPSA) is 49.6 Å². The highest BCUT2D eigenvalue weighted by Crippen LogP contribution is 2.24. The Morgan fingerprint density at radius 2 is 2.00 bits per heavy atom. The molecule has 4 heteroatoms. The number of nitrogens with zero attached hydrogens (tertiary/aromatic N) is 3. The third-order valence-corrected chi connectivity index (χ3v) is 2.58. The molecule has 0 fully saturated rings. The van der Waals surface area contributed by atoms with Gasteiger partial charge in [0.05, 0.1) is 0 Å². The van der Waals surface area contributed by atoms with Crippen molar-refractivity contribution in [2.75, 3.05) is 0 Å². The van der Waals surface area contributed by atoms with Crippen LogP contribution in [-0.4, -0.2) is 9.97 Å². The Balaban J connectivity index is 2.55. The molecule has 15 heavy (non-hydrogen) atoms. The largest absolute Gasteiger partial charge is 0.236 e. The molecule has 1 aromatic heterocycles. The highest BCUT2D eigenvalue weighted by Gasteiger charge is 2.05. The predicted octanol–water partition coefficient (Wildman–Crippen LogP) is 2.78. The lowest BCUT2D eigenvalue weighted by Crippen LogP contribution is -1.91. The van der Waals surface area contributed by atoms with Gasteiger partial charge in [0.1, 0.15) is 11.8 Å². The number of benzene rings is 1. The van der Waals surface area contributed by atoms with Crippen molar-refractivity contribution < 1.29 is 0 Å². The molecule has 2 aromatic rings. The van der Waals surface area contributed by atoms with Crippen molar-refractivity contribution in [2.24, 2.45) is 0 Å². The summed E-state index contributed by atoms with van der Waals surface area (Å²) in [5, 5.41) is 8.73. The van der Waals surface area contributed by atoms with Gasteiger partial charge in [-0.3, -0.25) is 0 Å². The van der Waals surface area contributed by atoms with Gasteiger partial charge < -0.3 is 0 Å². The molecule has 72 valence electrons. The maximum atomic E-state index is 8.73. The molecule has 0 radical (unpaired) electrons. The molecule has 2 rings (SSSR count). The van der Waals surface area contributed by atoms with E-state index < -0.39 is 0 Å². The third-order valence-electron chi connectivity index (χ3n) is 1.88. The molecule has 0 atom stereocenters. The Morgan fingerprint density at radius 1 is 1.20 bits per heavy atom. The van der Waals surface area contributed by atoms with Crippen LogP contribution in [0.2, 0.25) is 0 Å². The van der Waals surface area contributed by atoms with Crippen LogP contribution in [0.3, 0.4) is 0 Å². The molecule has 0 aliphatic heterocycles. The zero-order valence-corrected chi connectivity index (χ0v) is 9.27. The van der Waals surface area contributed by atoms with Gasteiger partial charge in [0.15, 0.2) is 5.82 Å². The second kappa shape index (κ2) is 4.20. The molecular formula is C11H6BrN3. The summed E-state index contributed by atoms with van der Waals surface area (Å²) in [6, 6.07) is 11.2. The minimum absolute atomic E-state index is 0.371. The first-order valence-electron chi connectivity index (χ1n) is 4.29. The molecule has 0 N–H and O–H groups in total. The van der Waals surface area contributed by atoms with E-state index in [-0.39, 0.29) is 0 Å². The Morgan fingerprint density at radius 3 is 2.73 bits per heavy atom. The van der Waals surface area contributed by atoms with Crippen LogP contribution in [0.25, 0.3) is 11.4 Å². The van der Waals surface area contributed by atoms with Gasteiger partial charge >= 0.3 is 0 Å². The van der Waals surface area contributed by atoms with Gasteiger partial charge in [-0.1, -0.05) is 34.1 Å². The zero-order valence-electron chi connectivity index (χ0n) is 7.68. The summed E-state index contributed by atoms with van der Waals surface area (Å²) in [5.74, 6) is 0.557. The predicted molar refractivity (Wildman–Crippen MR) is 59.9 cm³/mol. The van der Waals surface area contributed by atoms with Crippen molar-refractivity contribution >= 4 is 15.9 Å². The van der Waals surface area contributed by atoms with Crippen LogP contribution in [0.15, 0.2) is 41.0 Å². The first-order chi connectivity index (χ1) is 7.31. The minimum Gasteiger partial charge on any atom is -0.236 e. The van der Waals surface area contributed by atoms with Crippen LogP contribution in [-0.2, 0) is 0 Å². The second-order valence-corrected chi connectivity index (χ2v) is 3.71. The maximum absolute atomic E-state index is 8.73. The van der Waals surface area contributed by atoms with E-state index in [1.54, 1.807) is 12.3 Å². The molecule has 0 aliphatic carbocycles. The molecule has 0 saturated heterocycles. The molecule has 1 heterocycles. The van der Waals surface area contributed by atoms with Crippen molar-refractivity contribution in [3.63, 3.8) is 0 Å². The Hall–Kier alpha value is -1.73. The zero-order chi connectivity index (χ0) is 10.7. The normalized spacial score (nSPS) is 9.60. The van der Waals surface area contributed by atoms with E-state index in [2.05, 4.69) is 25.9 Å². The van der Waals surface area contributed by atoms with Crippen LogP contribution < -0.4 is 0 Å². The number of nitriles is 1. The molecule has 0 saturated carbocycles. The van der Waals surface area contributed by atoms with Crippen molar-refractivity contribution in [3.05, 3.63) is 46.7 Å². The lowest BCUT2D eigenvalue weighted by Gasteiger charge is -2.01. The fourth-order valence-electron chi connectivity index (χ4n) is 1.19. The number of halogens is 1. The standard InChI is InChI=1S/C11H6BrN3/c12-10-4-2-1-3-9(10)11-14-6-5-8(7-13)15-11/h1-6H. The Labute approximate surface area is 95.6 Å². The van der Waals surface area contributed by atoms with Gasteiger partial charge in [0.2, 0.25) is 0 Å². The number of aromatic nitrogens is 2. The molecule has 0 bridgehead atoms. The van der Waals surface area contributed by atoms with Crippen molar-refractivity contribution in [3.8, 4) is 17.5 Å². The van der Waals surface area contributed by atoms with Crippen LogP contribution in [0, 0.1) is 11.3 Å². The van der Waals surface area contributed by atoms with Crippen molar-refractivity contribution in [1.29, 1.82) is 5.26 Å². The molecule has 0 unspecified atom stereocenters. The molecule has 0 amide bonds. The van der Waals surface area contributed by atoms with Crippen LogP contribution in [0.4, 0.5) is 0 Å². The fraction of sp³-hybridized carbons (Fsp3) is 0. The minimum atomic E-state index is 0.371. The van der Waals surface area contributed by atoms with E-state index in [1.165, 1.54) is 0 Å². The Kier molecular flexibility index (Phi) is 2.75. The summed E-state index contributed by atoms with van der Waals surface area (Å²) >= 11 is 3.42. The third kappa shape index (κ3) is 2.03.